The van der Waals surface area contributed by atoms with Gasteiger partial charge in [-0.15, -0.1) is 0 Å². The summed E-state index contributed by atoms with van der Waals surface area (Å²) in [6.07, 6.45) is 8.70. The van der Waals surface area contributed by atoms with Gasteiger partial charge in [0.15, 0.2) is 0 Å². The van der Waals surface area contributed by atoms with Gasteiger partial charge in [0.05, 0.1) is 11.6 Å². The van der Waals surface area contributed by atoms with Gasteiger partial charge >= 0.3 is 0 Å². The van der Waals surface area contributed by atoms with Crippen molar-refractivity contribution in [3.63, 3.8) is 0 Å². The van der Waals surface area contributed by atoms with Crippen molar-refractivity contribution >= 4 is 5.91 Å². The molecule has 26 heavy (non-hydrogen) atoms. The fourth-order valence-electron chi connectivity index (χ4n) is 5.57. The molecule has 0 bridgehead atoms. The molecule has 2 fully saturated rings. The summed E-state index contributed by atoms with van der Waals surface area (Å²) in [5.74, 6) is 1.07. The van der Waals surface area contributed by atoms with E-state index in [1.165, 1.54) is 19.4 Å². The second kappa shape index (κ2) is 6.99. The Balaban J connectivity index is 1.28. The number of aryl methyl sites for hydroxylation is 1. The van der Waals surface area contributed by atoms with Crippen molar-refractivity contribution in [1.29, 1.82) is 0 Å². The van der Waals surface area contributed by atoms with Crippen molar-refractivity contribution in [3.8, 4) is 0 Å². The Hall–Kier alpha value is -1.36. The summed E-state index contributed by atoms with van der Waals surface area (Å²) < 4.78 is 2.00. The Morgan fingerprint density at radius 3 is 2.85 bits per heavy atom. The Morgan fingerprint density at radius 2 is 2.12 bits per heavy atom. The van der Waals surface area contributed by atoms with Gasteiger partial charge in [-0.05, 0) is 62.8 Å². The quantitative estimate of drug-likeness (QED) is 0.899. The molecule has 3 atom stereocenters. The number of carbonyl (C=O) groups excluding carboxylic acids is 1. The van der Waals surface area contributed by atoms with Crippen LogP contribution in [0.3, 0.4) is 0 Å². The van der Waals surface area contributed by atoms with Crippen LogP contribution in [0.1, 0.15) is 70.9 Å². The second-order valence-electron chi connectivity index (χ2n) is 9.69. The molecular weight excluding hydrogens is 324 g/mol. The number of nitrogens with zero attached hydrogens (tertiary/aromatic N) is 3. The standard InChI is InChI=1S/C21H34N4O/c1-15-11-17(7-10-24(15)14-16-12-21(2,3)13-16)23-20(26)18-5-4-9-25-19(18)6-8-22-25/h6,8,15-18H,4-5,7,9-14H2,1-3H3,(H,23,26). The van der Waals surface area contributed by atoms with Crippen LogP contribution in [0, 0.1) is 11.3 Å². The Bertz CT molecular complexity index is 644. The fourth-order valence-corrected chi connectivity index (χ4v) is 5.57. The van der Waals surface area contributed by atoms with Crippen molar-refractivity contribution < 1.29 is 4.79 Å². The van der Waals surface area contributed by atoms with Crippen molar-refractivity contribution in [2.45, 2.75) is 83.8 Å². The zero-order valence-corrected chi connectivity index (χ0v) is 16.6. The molecule has 0 aromatic carbocycles. The van der Waals surface area contributed by atoms with Gasteiger partial charge in [-0.1, -0.05) is 13.8 Å². The third kappa shape index (κ3) is 3.68. The Morgan fingerprint density at radius 1 is 1.31 bits per heavy atom. The minimum absolute atomic E-state index is 0.0169. The molecule has 1 aromatic heterocycles. The number of hydrogen-bond acceptors (Lipinski definition) is 3. The first-order valence-corrected chi connectivity index (χ1v) is 10.5. The molecule has 3 unspecified atom stereocenters. The Labute approximate surface area is 157 Å². The summed E-state index contributed by atoms with van der Waals surface area (Å²) in [5.41, 5.74) is 1.65. The van der Waals surface area contributed by atoms with Gasteiger partial charge in [0, 0.05) is 37.9 Å². The van der Waals surface area contributed by atoms with E-state index in [0.29, 0.717) is 17.5 Å². The van der Waals surface area contributed by atoms with Gasteiger partial charge in [-0.25, -0.2) is 0 Å². The number of rotatable bonds is 4. The summed E-state index contributed by atoms with van der Waals surface area (Å²) in [6.45, 7) is 10.4. The highest BCUT2D eigenvalue weighted by Crippen LogP contribution is 2.45. The topological polar surface area (TPSA) is 50.2 Å². The van der Waals surface area contributed by atoms with Crippen LogP contribution in [0.5, 0.6) is 0 Å². The van der Waals surface area contributed by atoms with Crippen molar-refractivity contribution in [2.24, 2.45) is 11.3 Å². The summed E-state index contributed by atoms with van der Waals surface area (Å²) in [4.78, 5) is 15.5. The second-order valence-corrected chi connectivity index (χ2v) is 9.69. The van der Waals surface area contributed by atoms with E-state index < -0.39 is 0 Å². The van der Waals surface area contributed by atoms with Gasteiger partial charge in [-0.3, -0.25) is 9.48 Å². The maximum Gasteiger partial charge on any atom is 0.229 e. The number of likely N-dealkylation sites (tertiary alicyclic amines) is 1. The van der Waals surface area contributed by atoms with E-state index in [0.717, 1.165) is 50.4 Å². The lowest BCUT2D eigenvalue weighted by Gasteiger charge is -2.47. The molecular formula is C21H34N4O. The van der Waals surface area contributed by atoms with Crippen molar-refractivity contribution in [1.82, 2.24) is 20.0 Å². The van der Waals surface area contributed by atoms with Gasteiger partial charge in [0.2, 0.25) is 5.91 Å². The van der Waals surface area contributed by atoms with Gasteiger partial charge < -0.3 is 10.2 Å². The first-order chi connectivity index (χ1) is 12.4. The molecule has 4 rings (SSSR count). The molecule has 0 spiro atoms. The third-order valence-corrected chi connectivity index (χ3v) is 6.82. The maximum absolute atomic E-state index is 12.9. The Kier molecular flexibility index (Phi) is 4.84. The summed E-state index contributed by atoms with van der Waals surface area (Å²) in [7, 11) is 0. The molecule has 3 aliphatic rings. The van der Waals surface area contributed by atoms with Crippen LogP contribution in [0.15, 0.2) is 12.3 Å². The van der Waals surface area contributed by atoms with Crippen LogP contribution in [0.25, 0.3) is 0 Å². The lowest BCUT2D eigenvalue weighted by atomic mass is 9.64. The minimum atomic E-state index is -0.0169. The first kappa shape index (κ1) is 18.0. The maximum atomic E-state index is 12.9. The van der Waals surface area contributed by atoms with Crippen LogP contribution in [-0.4, -0.2) is 45.8 Å². The lowest BCUT2D eigenvalue weighted by molar-refractivity contribution is -0.124. The average Bonchev–Trinajstić information content (AvgIpc) is 3.04. The van der Waals surface area contributed by atoms with Gasteiger partial charge in [0.1, 0.15) is 0 Å². The molecule has 1 N–H and O–H groups in total. The van der Waals surface area contributed by atoms with E-state index in [1.807, 2.05) is 16.9 Å². The molecule has 5 nitrogen and oxygen atoms in total. The molecule has 1 saturated heterocycles. The van der Waals surface area contributed by atoms with Crippen molar-refractivity contribution in [3.05, 3.63) is 18.0 Å². The van der Waals surface area contributed by atoms with Crippen LogP contribution in [-0.2, 0) is 11.3 Å². The predicted octanol–water partition coefficient (Wildman–Crippen LogP) is 3.17. The highest BCUT2D eigenvalue weighted by atomic mass is 16.2. The van der Waals surface area contributed by atoms with E-state index in [2.05, 4.69) is 36.1 Å². The molecule has 1 saturated carbocycles. The zero-order valence-electron chi connectivity index (χ0n) is 16.6. The van der Waals surface area contributed by atoms with E-state index in [4.69, 9.17) is 0 Å². The number of piperidine rings is 1. The van der Waals surface area contributed by atoms with Gasteiger partial charge in [0.25, 0.3) is 0 Å². The number of carbonyl (C=O) groups is 1. The molecule has 144 valence electrons. The third-order valence-electron chi connectivity index (χ3n) is 6.82. The lowest BCUT2D eigenvalue weighted by Crippen LogP contribution is -2.52. The van der Waals surface area contributed by atoms with E-state index in [9.17, 15) is 4.79 Å². The highest BCUT2D eigenvalue weighted by Gasteiger charge is 2.38. The van der Waals surface area contributed by atoms with E-state index in [-0.39, 0.29) is 11.8 Å². The number of hydrogen-bond donors (Lipinski definition) is 1. The molecule has 1 aromatic rings. The molecule has 3 heterocycles. The largest absolute Gasteiger partial charge is 0.353 e. The smallest absolute Gasteiger partial charge is 0.229 e. The average molecular weight is 359 g/mol. The van der Waals surface area contributed by atoms with Crippen LogP contribution >= 0.6 is 0 Å². The monoisotopic (exact) mass is 358 g/mol. The van der Waals surface area contributed by atoms with Crippen LogP contribution in [0.4, 0.5) is 0 Å². The summed E-state index contributed by atoms with van der Waals surface area (Å²) >= 11 is 0. The summed E-state index contributed by atoms with van der Waals surface area (Å²) in [5, 5.41) is 7.70. The molecule has 0 radical (unpaired) electrons. The fraction of sp³-hybridized carbons (Fsp3) is 0.810. The number of amides is 1. The highest BCUT2D eigenvalue weighted by molar-refractivity contribution is 5.83. The van der Waals surface area contributed by atoms with E-state index in [1.54, 1.807) is 0 Å². The number of fused-ring (bicyclic) bond motifs is 1. The molecule has 1 amide bonds. The van der Waals surface area contributed by atoms with E-state index >= 15 is 0 Å². The minimum Gasteiger partial charge on any atom is -0.353 e. The van der Waals surface area contributed by atoms with Gasteiger partial charge in [-0.2, -0.15) is 5.10 Å². The number of nitrogens with one attached hydrogen (secondary N) is 1. The molecule has 1 aliphatic carbocycles. The SMILES string of the molecule is CC1CC(NC(=O)C2CCCn3nccc32)CCN1CC1CC(C)(C)C1. The zero-order chi connectivity index (χ0) is 18.3. The van der Waals surface area contributed by atoms with Crippen molar-refractivity contribution in [2.75, 3.05) is 13.1 Å². The normalized spacial score (nSPS) is 31.9. The van der Waals surface area contributed by atoms with Crippen LogP contribution < -0.4 is 5.32 Å². The first-order valence-electron chi connectivity index (χ1n) is 10.5. The van der Waals surface area contributed by atoms with Crippen LogP contribution in [0.2, 0.25) is 0 Å². The molecule has 5 heteroatoms. The number of aromatic nitrogens is 2. The predicted molar refractivity (Wildman–Crippen MR) is 103 cm³/mol. The molecule has 2 aliphatic heterocycles. The summed E-state index contributed by atoms with van der Waals surface area (Å²) in [6, 6.07) is 2.90.